The molecule has 1 aromatic rings. The van der Waals surface area contributed by atoms with Gasteiger partial charge in [0.05, 0.1) is 0 Å². The topological polar surface area (TPSA) is 70.7 Å². The Kier molecular flexibility index (Phi) is 6.92. The molecule has 0 bridgehead atoms. The minimum absolute atomic E-state index is 0.0943. The number of likely N-dealkylation sites (tertiary alicyclic amines) is 1. The van der Waals surface area contributed by atoms with Crippen LogP contribution in [0.2, 0.25) is 0 Å². The molecule has 3 amide bonds. The van der Waals surface area contributed by atoms with Crippen molar-refractivity contribution in [3.05, 3.63) is 27.8 Å². The Morgan fingerprint density at radius 1 is 1.28 bits per heavy atom. The van der Waals surface area contributed by atoms with Crippen LogP contribution in [0.4, 0.5) is 15.3 Å². The summed E-state index contributed by atoms with van der Waals surface area (Å²) in [4.78, 5) is 26.0. The molecule has 1 fully saturated rings. The fourth-order valence-corrected chi connectivity index (χ4v) is 3.05. The number of benzene rings is 1. The molecule has 25 heavy (non-hydrogen) atoms. The zero-order chi connectivity index (χ0) is 18.4. The van der Waals surface area contributed by atoms with E-state index in [0.29, 0.717) is 13.1 Å². The minimum Gasteiger partial charge on any atom is -0.444 e. The van der Waals surface area contributed by atoms with Gasteiger partial charge in [0.25, 0.3) is 0 Å². The van der Waals surface area contributed by atoms with Crippen LogP contribution in [0.15, 0.2) is 24.3 Å². The fraction of sp³-hybridized carbons (Fsp3) is 0.556. The second-order valence-electron chi connectivity index (χ2n) is 7.27. The van der Waals surface area contributed by atoms with E-state index in [4.69, 9.17) is 4.74 Å². The van der Waals surface area contributed by atoms with Crippen LogP contribution in [0.3, 0.4) is 0 Å². The number of halogens is 1. The molecule has 1 aliphatic rings. The summed E-state index contributed by atoms with van der Waals surface area (Å²) in [6.07, 6.45) is 1.51. The molecular weight excluding hydrogens is 433 g/mol. The summed E-state index contributed by atoms with van der Waals surface area (Å²) in [7, 11) is 0. The molecule has 0 radical (unpaired) electrons. The first-order valence-corrected chi connectivity index (χ1v) is 9.59. The lowest BCUT2D eigenvalue weighted by Crippen LogP contribution is -2.45. The van der Waals surface area contributed by atoms with Crippen molar-refractivity contribution in [2.45, 2.75) is 39.2 Å². The van der Waals surface area contributed by atoms with Crippen molar-refractivity contribution in [1.29, 1.82) is 0 Å². The smallest absolute Gasteiger partial charge is 0.407 e. The van der Waals surface area contributed by atoms with E-state index in [1.165, 1.54) is 0 Å². The Morgan fingerprint density at radius 2 is 1.96 bits per heavy atom. The first kappa shape index (κ1) is 19.8. The number of rotatable bonds is 3. The van der Waals surface area contributed by atoms with Crippen LogP contribution in [-0.4, -0.2) is 42.3 Å². The number of anilines is 1. The van der Waals surface area contributed by atoms with Gasteiger partial charge in [-0.3, -0.25) is 0 Å². The van der Waals surface area contributed by atoms with E-state index in [2.05, 4.69) is 33.2 Å². The molecular formula is C18H26IN3O3. The van der Waals surface area contributed by atoms with E-state index in [0.717, 1.165) is 28.6 Å². The number of ether oxygens (including phenoxy) is 1. The molecule has 138 valence electrons. The molecule has 7 heteroatoms. The maximum absolute atomic E-state index is 12.4. The van der Waals surface area contributed by atoms with Gasteiger partial charge >= 0.3 is 12.1 Å². The Hall–Kier alpha value is -1.51. The van der Waals surface area contributed by atoms with Crippen molar-refractivity contribution in [2.24, 2.45) is 5.92 Å². The number of hydrogen-bond donors (Lipinski definition) is 2. The largest absolute Gasteiger partial charge is 0.444 e. The highest BCUT2D eigenvalue weighted by Gasteiger charge is 2.25. The third-order valence-electron chi connectivity index (χ3n) is 3.84. The summed E-state index contributed by atoms with van der Waals surface area (Å²) in [6, 6.07) is 7.61. The zero-order valence-corrected chi connectivity index (χ0v) is 17.1. The van der Waals surface area contributed by atoms with Crippen LogP contribution in [0, 0.1) is 9.49 Å². The van der Waals surface area contributed by atoms with Gasteiger partial charge in [0.2, 0.25) is 0 Å². The van der Waals surface area contributed by atoms with Crippen molar-refractivity contribution in [2.75, 3.05) is 25.0 Å². The average molecular weight is 459 g/mol. The van der Waals surface area contributed by atoms with Crippen LogP contribution >= 0.6 is 22.6 Å². The lowest BCUT2D eigenvalue weighted by Gasteiger charge is -2.33. The molecule has 0 unspecified atom stereocenters. The highest BCUT2D eigenvalue weighted by atomic mass is 127. The molecule has 0 aromatic heterocycles. The second-order valence-corrected chi connectivity index (χ2v) is 8.52. The van der Waals surface area contributed by atoms with Crippen molar-refractivity contribution in [3.8, 4) is 0 Å². The summed E-state index contributed by atoms with van der Waals surface area (Å²) in [5, 5.41) is 5.73. The predicted molar refractivity (Wildman–Crippen MR) is 107 cm³/mol. The van der Waals surface area contributed by atoms with E-state index < -0.39 is 11.7 Å². The zero-order valence-electron chi connectivity index (χ0n) is 15.0. The fourth-order valence-electron chi connectivity index (χ4n) is 2.69. The normalized spacial score (nSPS) is 17.8. The van der Waals surface area contributed by atoms with E-state index in [9.17, 15) is 9.59 Å². The maximum atomic E-state index is 12.4. The van der Waals surface area contributed by atoms with Gasteiger partial charge in [-0.15, -0.1) is 0 Å². The monoisotopic (exact) mass is 459 g/mol. The van der Waals surface area contributed by atoms with Crippen molar-refractivity contribution in [3.63, 3.8) is 0 Å². The maximum Gasteiger partial charge on any atom is 0.407 e. The van der Waals surface area contributed by atoms with Gasteiger partial charge in [-0.05, 0) is 86.4 Å². The summed E-state index contributed by atoms with van der Waals surface area (Å²) >= 11 is 2.23. The van der Waals surface area contributed by atoms with Crippen molar-refractivity contribution >= 4 is 40.4 Å². The number of nitrogens with one attached hydrogen (secondary N) is 2. The molecule has 6 nitrogen and oxygen atoms in total. The molecule has 1 heterocycles. The molecule has 1 aliphatic heterocycles. The number of alkyl carbamates (subject to hydrolysis) is 1. The summed E-state index contributed by atoms with van der Waals surface area (Å²) in [5.41, 5.74) is 0.287. The predicted octanol–water partition coefficient (Wildman–Crippen LogP) is 4.06. The first-order chi connectivity index (χ1) is 11.7. The Labute approximate surface area is 162 Å². The van der Waals surface area contributed by atoms with Gasteiger partial charge in [0, 0.05) is 28.9 Å². The van der Waals surface area contributed by atoms with E-state index >= 15 is 0 Å². The van der Waals surface area contributed by atoms with Crippen LogP contribution in [-0.2, 0) is 4.74 Å². The third kappa shape index (κ3) is 7.09. The molecule has 2 rings (SSSR count). The summed E-state index contributed by atoms with van der Waals surface area (Å²) < 4.78 is 6.37. The number of hydrogen-bond acceptors (Lipinski definition) is 3. The summed E-state index contributed by atoms with van der Waals surface area (Å²) in [6.45, 7) is 7.39. The molecule has 0 saturated carbocycles. The first-order valence-electron chi connectivity index (χ1n) is 8.51. The number of amides is 3. The van der Waals surface area contributed by atoms with E-state index in [1.54, 1.807) is 0 Å². The van der Waals surface area contributed by atoms with Gasteiger partial charge in [-0.1, -0.05) is 0 Å². The Bertz CT molecular complexity index is 599. The number of piperidine rings is 1. The van der Waals surface area contributed by atoms with Crippen molar-refractivity contribution in [1.82, 2.24) is 10.2 Å². The lowest BCUT2D eigenvalue weighted by atomic mass is 9.98. The lowest BCUT2D eigenvalue weighted by molar-refractivity contribution is 0.0512. The average Bonchev–Trinajstić information content (AvgIpc) is 2.54. The van der Waals surface area contributed by atoms with Gasteiger partial charge in [0.15, 0.2) is 0 Å². The van der Waals surface area contributed by atoms with Gasteiger partial charge < -0.3 is 20.3 Å². The van der Waals surface area contributed by atoms with Crippen molar-refractivity contribution < 1.29 is 14.3 Å². The van der Waals surface area contributed by atoms with Crippen LogP contribution in [0.1, 0.15) is 33.6 Å². The third-order valence-corrected chi connectivity index (χ3v) is 4.55. The number of carbonyl (C=O) groups excluding carboxylic acids is 2. The molecule has 1 saturated heterocycles. The molecule has 0 aliphatic carbocycles. The van der Waals surface area contributed by atoms with Crippen LogP contribution in [0.25, 0.3) is 0 Å². The number of nitrogens with zero attached hydrogens (tertiary/aromatic N) is 1. The van der Waals surface area contributed by atoms with Crippen LogP contribution < -0.4 is 10.6 Å². The molecule has 1 aromatic carbocycles. The van der Waals surface area contributed by atoms with E-state index in [-0.39, 0.29) is 11.9 Å². The standard InChI is InChI=1S/C18H26IN3O3/c1-18(2,3)25-17(24)20-11-13-5-4-10-22(12-13)16(23)21-15-8-6-14(19)7-9-15/h6-9,13H,4-5,10-12H2,1-3H3,(H,20,24)(H,21,23)/t13-/m0/s1. The quantitative estimate of drug-likeness (QED) is 0.670. The van der Waals surface area contributed by atoms with Gasteiger partial charge in [-0.2, -0.15) is 0 Å². The summed E-state index contributed by atoms with van der Waals surface area (Å²) in [5.74, 6) is 0.240. The van der Waals surface area contributed by atoms with Gasteiger partial charge in [-0.25, -0.2) is 9.59 Å². The number of carbonyl (C=O) groups is 2. The highest BCUT2D eigenvalue weighted by molar-refractivity contribution is 14.1. The molecule has 1 atom stereocenters. The SMILES string of the molecule is CC(C)(C)OC(=O)NC[C@@H]1CCCN(C(=O)Nc2ccc(I)cc2)C1. The van der Waals surface area contributed by atoms with Crippen LogP contribution in [0.5, 0.6) is 0 Å². The number of urea groups is 1. The Balaban J connectivity index is 1.80. The molecule has 2 N–H and O–H groups in total. The highest BCUT2D eigenvalue weighted by Crippen LogP contribution is 2.18. The minimum atomic E-state index is -0.504. The molecule has 0 spiro atoms. The van der Waals surface area contributed by atoms with Gasteiger partial charge in [0.1, 0.15) is 5.60 Å². The van der Waals surface area contributed by atoms with E-state index in [1.807, 2.05) is 49.9 Å². The second kappa shape index (κ2) is 8.73. The Morgan fingerprint density at radius 3 is 2.60 bits per heavy atom.